The Labute approximate surface area is 118 Å². The molecule has 1 aromatic carbocycles. The number of carbonyl (C=O) groups is 3. The maximum Gasteiger partial charge on any atom is 0.323 e. The van der Waals surface area contributed by atoms with Gasteiger partial charge < -0.3 is 21.1 Å². The van der Waals surface area contributed by atoms with Crippen LogP contribution in [0.3, 0.4) is 0 Å². The van der Waals surface area contributed by atoms with E-state index < -0.39 is 36.8 Å². The van der Waals surface area contributed by atoms with Crippen molar-refractivity contribution in [2.75, 3.05) is 18.4 Å². The first-order valence-corrected chi connectivity index (χ1v) is 5.68. The second-order valence-corrected chi connectivity index (χ2v) is 4.18. The van der Waals surface area contributed by atoms with Crippen molar-refractivity contribution < 1.29 is 23.9 Å². The van der Waals surface area contributed by atoms with Crippen molar-refractivity contribution in [1.29, 1.82) is 0 Å². The number of primary amides is 1. The van der Waals surface area contributed by atoms with E-state index in [1.54, 1.807) is 0 Å². The summed E-state index contributed by atoms with van der Waals surface area (Å²) in [5, 5.41) is 10.7. The van der Waals surface area contributed by atoms with Gasteiger partial charge in [-0.05, 0) is 18.2 Å². The fraction of sp³-hybridized carbons (Fsp3) is 0.182. The molecule has 1 aromatic rings. The fourth-order valence-electron chi connectivity index (χ4n) is 1.33. The van der Waals surface area contributed by atoms with Crippen molar-refractivity contribution in [2.24, 2.45) is 5.73 Å². The number of aliphatic carboxylic acids is 1. The van der Waals surface area contributed by atoms with E-state index in [1.807, 2.05) is 0 Å². The molecular weight excluding hydrogens is 293 g/mol. The number of urea groups is 1. The zero-order chi connectivity index (χ0) is 15.3. The number of halogens is 2. The Kier molecular flexibility index (Phi) is 5.27. The molecule has 0 saturated heterocycles. The van der Waals surface area contributed by atoms with Crippen LogP contribution in [0.15, 0.2) is 18.2 Å². The van der Waals surface area contributed by atoms with Crippen molar-refractivity contribution in [3.05, 3.63) is 29.0 Å². The lowest BCUT2D eigenvalue weighted by Gasteiger charge is -2.19. The molecule has 3 amide bonds. The summed E-state index contributed by atoms with van der Waals surface area (Å²) >= 11 is 5.54. The average molecular weight is 304 g/mol. The smallest absolute Gasteiger partial charge is 0.323 e. The van der Waals surface area contributed by atoms with Crippen LogP contribution in [0, 0.1) is 5.82 Å². The molecule has 0 aliphatic heterocycles. The molecular formula is C11H11ClFN3O4. The van der Waals surface area contributed by atoms with E-state index >= 15 is 0 Å². The van der Waals surface area contributed by atoms with Gasteiger partial charge in [-0.2, -0.15) is 0 Å². The molecule has 0 unspecified atom stereocenters. The van der Waals surface area contributed by atoms with Crippen molar-refractivity contribution in [3.8, 4) is 0 Å². The van der Waals surface area contributed by atoms with Gasteiger partial charge in [0, 0.05) is 5.69 Å². The summed E-state index contributed by atoms with van der Waals surface area (Å²) < 4.78 is 12.9. The molecule has 9 heteroatoms. The van der Waals surface area contributed by atoms with Gasteiger partial charge in [0.25, 0.3) is 0 Å². The number of rotatable bonds is 5. The second-order valence-electron chi connectivity index (χ2n) is 3.78. The lowest BCUT2D eigenvalue weighted by Crippen LogP contribution is -2.43. The lowest BCUT2D eigenvalue weighted by atomic mass is 10.3. The van der Waals surface area contributed by atoms with Gasteiger partial charge in [0.2, 0.25) is 5.91 Å². The van der Waals surface area contributed by atoms with Crippen LogP contribution in [0.1, 0.15) is 0 Å². The Morgan fingerprint density at radius 1 is 1.35 bits per heavy atom. The van der Waals surface area contributed by atoms with Gasteiger partial charge in [0.1, 0.15) is 18.9 Å². The maximum atomic E-state index is 12.9. The van der Waals surface area contributed by atoms with E-state index in [0.29, 0.717) is 4.90 Å². The third-order valence-corrected chi connectivity index (χ3v) is 2.42. The average Bonchev–Trinajstić information content (AvgIpc) is 2.32. The number of nitrogens with zero attached hydrogens (tertiary/aromatic N) is 1. The van der Waals surface area contributed by atoms with Crippen molar-refractivity contribution in [3.63, 3.8) is 0 Å². The second kappa shape index (κ2) is 6.71. The Balaban J connectivity index is 2.81. The summed E-state index contributed by atoms with van der Waals surface area (Å²) in [6.45, 7) is -1.27. The molecule has 0 atom stereocenters. The quantitative estimate of drug-likeness (QED) is 0.749. The number of hydrogen-bond acceptors (Lipinski definition) is 3. The normalized spacial score (nSPS) is 9.90. The molecule has 20 heavy (non-hydrogen) atoms. The number of nitrogens with one attached hydrogen (secondary N) is 1. The minimum atomic E-state index is -1.31. The number of anilines is 1. The predicted octanol–water partition coefficient (Wildman–Crippen LogP) is 0.883. The van der Waals surface area contributed by atoms with E-state index in [4.69, 9.17) is 22.4 Å². The van der Waals surface area contributed by atoms with Crippen LogP contribution < -0.4 is 11.1 Å². The Morgan fingerprint density at radius 2 is 2.00 bits per heavy atom. The molecule has 4 N–H and O–H groups in total. The number of hydrogen-bond donors (Lipinski definition) is 3. The van der Waals surface area contributed by atoms with Crippen LogP contribution in [0.4, 0.5) is 14.9 Å². The van der Waals surface area contributed by atoms with Gasteiger partial charge in [-0.3, -0.25) is 9.59 Å². The highest BCUT2D eigenvalue weighted by atomic mass is 35.5. The number of carboxylic acids is 1. The van der Waals surface area contributed by atoms with Crippen molar-refractivity contribution in [2.45, 2.75) is 0 Å². The number of carboxylic acid groups (broad SMARTS) is 1. The first-order valence-electron chi connectivity index (χ1n) is 5.30. The largest absolute Gasteiger partial charge is 0.480 e. The molecule has 0 heterocycles. The third-order valence-electron chi connectivity index (χ3n) is 2.13. The maximum absolute atomic E-state index is 12.9. The van der Waals surface area contributed by atoms with Gasteiger partial charge in [-0.1, -0.05) is 11.6 Å². The monoisotopic (exact) mass is 303 g/mol. The first-order chi connectivity index (χ1) is 9.29. The van der Waals surface area contributed by atoms with Crippen LogP contribution in [-0.2, 0) is 9.59 Å². The first kappa shape index (κ1) is 15.7. The molecule has 108 valence electrons. The summed E-state index contributed by atoms with van der Waals surface area (Å²) in [6, 6.07) is 2.56. The van der Waals surface area contributed by atoms with E-state index in [-0.39, 0.29) is 10.7 Å². The molecule has 0 bridgehead atoms. The van der Waals surface area contributed by atoms with Crippen LogP contribution in [-0.4, -0.2) is 41.0 Å². The number of carbonyl (C=O) groups excluding carboxylic acids is 2. The minimum Gasteiger partial charge on any atom is -0.480 e. The summed E-state index contributed by atoms with van der Waals surface area (Å²) in [6.07, 6.45) is 0. The highest BCUT2D eigenvalue weighted by Gasteiger charge is 2.19. The zero-order valence-electron chi connectivity index (χ0n) is 10.1. The standard InChI is InChI=1S/C11H11ClFN3O4/c12-7-3-6(1-2-8(7)13)15-11(20)16(4-9(14)17)5-10(18)19/h1-3H,4-5H2,(H2,14,17)(H,15,20)(H,18,19). The third kappa shape index (κ3) is 4.73. The zero-order valence-corrected chi connectivity index (χ0v) is 10.9. The molecule has 0 aliphatic rings. The highest BCUT2D eigenvalue weighted by Crippen LogP contribution is 2.19. The van der Waals surface area contributed by atoms with Crippen LogP contribution in [0.2, 0.25) is 5.02 Å². The fourth-order valence-corrected chi connectivity index (χ4v) is 1.51. The van der Waals surface area contributed by atoms with Crippen molar-refractivity contribution >= 4 is 35.2 Å². The van der Waals surface area contributed by atoms with Gasteiger partial charge in [0.05, 0.1) is 5.02 Å². The summed E-state index contributed by atoms with van der Waals surface area (Å²) in [5.41, 5.74) is 5.07. The molecule has 1 rings (SSSR count). The Hall–Kier alpha value is -2.35. The van der Waals surface area contributed by atoms with Crippen LogP contribution >= 0.6 is 11.6 Å². The lowest BCUT2D eigenvalue weighted by molar-refractivity contribution is -0.137. The van der Waals surface area contributed by atoms with E-state index in [0.717, 1.165) is 12.1 Å². The summed E-state index contributed by atoms with van der Waals surface area (Å²) in [4.78, 5) is 33.9. The Bertz CT molecular complexity index is 536. The molecule has 7 nitrogen and oxygen atoms in total. The van der Waals surface area contributed by atoms with E-state index in [9.17, 15) is 18.8 Å². The molecule has 0 saturated carbocycles. The van der Waals surface area contributed by atoms with Gasteiger partial charge >= 0.3 is 12.0 Å². The molecule has 0 radical (unpaired) electrons. The van der Waals surface area contributed by atoms with Gasteiger partial charge in [-0.15, -0.1) is 0 Å². The molecule has 0 aliphatic carbocycles. The summed E-state index contributed by atoms with van der Waals surface area (Å²) in [5.74, 6) is -2.83. The number of nitrogens with two attached hydrogens (primary N) is 1. The Morgan fingerprint density at radius 3 is 2.50 bits per heavy atom. The van der Waals surface area contributed by atoms with E-state index in [1.165, 1.54) is 6.07 Å². The molecule has 0 fully saturated rings. The summed E-state index contributed by atoms with van der Waals surface area (Å²) in [7, 11) is 0. The molecule has 0 spiro atoms. The number of benzene rings is 1. The number of amides is 3. The van der Waals surface area contributed by atoms with Crippen molar-refractivity contribution in [1.82, 2.24) is 4.90 Å². The molecule has 0 aromatic heterocycles. The van der Waals surface area contributed by atoms with Crippen LogP contribution in [0.25, 0.3) is 0 Å². The van der Waals surface area contributed by atoms with Crippen LogP contribution in [0.5, 0.6) is 0 Å². The predicted molar refractivity (Wildman–Crippen MR) is 68.8 cm³/mol. The minimum absolute atomic E-state index is 0.154. The highest BCUT2D eigenvalue weighted by molar-refractivity contribution is 6.31. The van der Waals surface area contributed by atoms with E-state index in [2.05, 4.69) is 5.32 Å². The SMILES string of the molecule is NC(=O)CN(CC(=O)O)C(=O)Nc1ccc(F)c(Cl)c1. The topological polar surface area (TPSA) is 113 Å². The van der Waals surface area contributed by atoms with Gasteiger partial charge in [-0.25, -0.2) is 9.18 Å². The van der Waals surface area contributed by atoms with Gasteiger partial charge in [0.15, 0.2) is 0 Å².